The Morgan fingerprint density at radius 1 is 1.19 bits per heavy atom. The maximum Gasteiger partial charge on any atom is 0.325 e. The predicted molar refractivity (Wildman–Crippen MR) is 107 cm³/mol. The lowest BCUT2D eigenvalue weighted by atomic mass is 10.2. The zero-order valence-electron chi connectivity index (χ0n) is 14.8. The fourth-order valence-corrected chi connectivity index (χ4v) is 4.07. The number of hydrogen-bond acceptors (Lipinski definition) is 5. The van der Waals surface area contributed by atoms with Gasteiger partial charge >= 0.3 is 5.97 Å². The lowest BCUT2D eigenvalue weighted by molar-refractivity contribution is -0.141. The molecule has 3 aromatic rings. The van der Waals surface area contributed by atoms with Gasteiger partial charge in [-0.05, 0) is 49.4 Å². The fourth-order valence-electron chi connectivity index (χ4n) is 2.49. The molecule has 1 aromatic heterocycles. The Kier molecular flexibility index (Phi) is 6.08. The molecule has 0 unspecified atom stereocenters. The van der Waals surface area contributed by atoms with Gasteiger partial charge in [0.25, 0.3) is 5.91 Å². The Morgan fingerprint density at radius 3 is 2.59 bits per heavy atom. The molecule has 0 atom stereocenters. The van der Waals surface area contributed by atoms with Gasteiger partial charge in [-0.1, -0.05) is 27.3 Å². The zero-order valence-corrected chi connectivity index (χ0v) is 17.2. The van der Waals surface area contributed by atoms with E-state index >= 15 is 0 Å². The van der Waals surface area contributed by atoms with Gasteiger partial charge in [-0.15, -0.1) is 0 Å². The van der Waals surface area contributed by atoms with Crippen LogP contribution in [0, 0.1) is 0 Å². The Labute approximate surface area is 168 Å². The van der Waals surface area contributed by atoms with Crippen LogP contribution in [0.3, 0.4) is 0 Å². The van der Waals surface area contributed by atoms with Gasteiger partial charge in [-0.25, -0.2) is 0 Å². The first kappa shape index (κ1) is 19.3. The van der Waals surface area contributed by atoms with Crippen molar-refractivity contribution in [1.29, 1.82) is 0 Å². The number of thiazole rings is 1. The van der Waals surface area contributed by atoms with Gasteiger partial charge in [0.1, 0.15) is 12.3 Å². The fraction of sp³-hybridized carbons (Fsp3) is 0.211. The van der Waals surface area contributed by atoms with Crippen LogP contribution in [0.1, 0.15) is 17.3 Å². The van der Waals surface area contributed by atoms with E-state index in [1.54, 1.807) is 28.8 Å². The average molecular weight is 449 g/mol. The van der Waals surface area contributed by atoms with E-state index in [0.717, 1.165) is 14.7 Å². The summed E-state index contributed by atoms with van der Waals surface area (Å²) >= 11 is 4.77. The molecule has 0 aliphatic carbocycles. The van der Waals surface area contributed by atoms with Crippen LogP contribution in [-0.4, -0.2) is 30.2 Å². The molecule has 0 aliphatic rings. The van der Waals surface area contributed by atoms with Gasteiger partial charge in [-0.3, -0.25) is 9.59 Å². The van der Waals surface area contributed by atoms with Crippen LogP contribution in [0.15, 0.2) is 51.9 Å². The first-order valence-electron chi connectivity index (χ1n) is 8.19. The summed E-state index contributed by atoms with van der Waals surface area (Å²) in [6.07, 6.45) is 0. The minimum Gasteiger partial charge on any atom is -0.494 e. The quantitative estimate of drug-likeness (QED) is 0.556. The molecule has 27 heavy (non-hydrogen) atoms. The molecule has 1 amide bonds. The van der Waals surface area contributed by atoms with E-state index in [0.29, 0.717) is 22.7 Å². The van der Waals surface area contributed by atoms with E-state index in [1.165, 1.54) is 18.4 Å². The van der Waals surface area contributed by atoms with E-state index in [2.05, 4.69) is 20.9 Å². The number of amides is 1. The molecule has 0 saturated carbocycles. The van der Waals surface area contributed by atoms with Crippen molar-refractivity contribution in [3.8, 4) is 5.75 Å². The molecule has 3 rings (SSSR count). The Balaban J connectivity index is 2.04. The highest BCUT2D eigenvalue weighted by atomic mass is 79.9. The van der Waals surface area contributed by atoms with Crippen LogP contribution < -0.4 is 9.54 Å². The topological polar surface area (TPSA) is 69.9 Å². The molecule has 0 bridgehead atoms. The number of benzene rings is 2. The van der Waals surface area contributed by atoms with Gasteiger partial charge in [0.2, 0.25) is 0 Å². The van der Waals surface area contributed by atoms with E-state index < -0.39 is 5.97 Å². The highest BCUT2D eigenvalue weighted by Crippen LogP contribution is 2.22. The summed E-state index contributed by atoms with van der Waals surface area (Å²) in [5, 5.41) is 0. The van der Waals surface area contributed by atoms with Crippen molar-refractivity contribution < 1.29 is 19.1 Å². The number of rotatable bonds is 5. The minimum absolute atomic E-state index is 0.0203. The van der Waals surface area contributed by atoms with Crippen molar-refractivity contribution in [3.05, 3.63) is 57.3 Å². The van der Waals surface area contributed by atoms with Gasteiger partial charge in [-0.2, -0.15) is 4.99 Å². The van der Waals surface area contributed by atoms with Gasteiger partial charge in [0.05, 0.1) is 23.9 Å². The summed E-state index contributed by atoms with van der Waals surface area (Å²) < 4.78 is 13.7. The smallest absolute Gasteiger partial charge is 0.325 e. The summed E-state index contributed by atoms with van der Waals surface area (Å²) in [4.78, 5) is 29.1. The molecular weight excluding hydrogens is 432 g/mol. The Hall–Kier alpha value is -2.45. The third-order valence-corrected chi connectivity index (χ3v) is 5.30. The van der Waals surface area contributed by atoms with Crippen molar-refractivity contribution in [2.24, 2.45) is 4.99 Å². The summed E-state index contributed by atoms with van der Waals surface area (Å²) in [7, 11) is 1.33. The van der Waals surface area contributed by atoms with Crippen molar-refractivity contribution in [2.45, 2.75) is 13.5 Å². The van der Waals surface area contributed by atoms with E-state index in [4.69, 9.17) is 9.47 Å². The maximum absolute atomic E-state index is 12.6. The standard InChI is InChI=1S/C19H17BrN2O4S/c1-3-26-14-7-4-12(5-8-14)18(24)21-19-22(11-17(23)25-2)15-9-6-13(20)10-16(15)27-19/h4-10H,3,11H2,1-2H3. The molecule has 6 nitrogen and oxygen atoms in total. The number of ether oxygens (including phenoxy) is 2. The third-order valence-electron chi connectivity index (χ3n) is 3.77. The number of methoxy groups -OCH3 is 1. The lowest BCUT2D eigenvalue weighted by Gasteiger charge is -2.04. The molecule has 0 aliphatic heterocycles. The van der Waals surface area contributed by atoms with Crippen LogP contribution >= 0.6 is 27.3 Å². The molecule has 0 spiro atoms. The summed E-state index contributed by atoms with van der Waals surface area (Å²) in [6, 6.07) is 12.5. The zero-order chi connectivity index (χ0) is 19.4. The minimum atomic E-state index is -0.410. The van der Waals surface area contributed by atoms with Crippen LogP contribution in [0.4, 0.5) is 0 Å². The van der Waals surface area contributed by atoms with E-state index in [-0.39, 0.29) is 12.5 Å². The number of aromatic nitrogens is 1. The number of fused-ring (bicyclic) bond motifs is 1. The van der Waals surface area contributed by atoms with Gasteiger partial charge < -0.3 is 14.0 Å². The molecule has 8 heteroatoms. The molecule has 0 N–H and O–H groups in total. The van der Waals surface area contributed by atoms with Gasteiger partial charge in [0.15, 0.2) is 4.80 Å². The monoisotopic (exact) mass is 448 g/mol. The normalized spacial score (nSPS) is 11.6. The van der Waals surface area contributed by atoms with E-state index in [9.17, 15) is 9.59 Å². The molecule has 0 saturated heterocycles. The maximum atomic E-state index is 12.6. The number of hydrogen-bond donors (Lipinski definition) is 0. The third kappa shape index (κ3) is 4.45. The van der Waals surface area contributed by atoms with Crippen molar-refractivity contribution in [3.63, 3.8) is 0 Å². The van der Waals surface area contributed by atoms with Crippen LogP contribution in [-0.2, 0) is 16.1 Å². The van der Waals surface area contributed by atoms with Crippen LogP contribution in [0.2, 0.25) is 0 Å². The second-order valence-corrected chi connectivity index (χ2v) is 7.46. The Morgan fingerprint density at radius 2 is 1.93 bits per heavy atom. The van der Waals surface area contributed by atoms with Gasteiger partial charge in [0, 0.05) is 10.0 Å². The highest BCUT2D eigenvalue weighted by Gasteiger charge is 2.13. The molecule has 0 radical (unpaired) electrons. The number of carbonyl (C=O) groups is 2. The molecule has 1 heterocycles. The summed E-state index contributed by atoms with van der Waals surface area (Å²) in [5.41, 5.74) is 1.26. The average Bonchev–Trinajstić information content (AvgIpc) is 2.98. The van der Waals surface area contributed by atoms with Crippen molar-refractivity contribution in [1.82, 2.24) is 4.57 Å². The number of nitrogens with zero attached hydrogens (tertiary/aromatic N) is 2. The number of carbonyl (C=O) groups excluding carboxylic acids is 2. The lowest BCUT2D eigenvalue weighted by Crippen LogP contribution is -2.22. The first-order chi connectivity index (χ1) is 13.0. The Bertz CT molecular complexity index is 1050. The summed E-state index contributed by atoms with van der Waals surface area (Å²) in [6.45, 7) is 2.43. The first-order valence-corrected chi connectivity index (χ1v) is 9.80. The summed E-state index contributed by atoms with van der Waals surface area (Å²) in [5.74, 6) is -0.101. The molecule has 0 fully saturated rings. The largest absolute Gasteiger partial charge is 0.494 e. The van der Waals surface area contributed by atoms with Crippen LogP contribution in [0.25, 0.3) is 10.2 Å². The second kappa shape index (κ2) is 8.49. The predicted octanol–water partition coefficient (Wildman–Crippen LogP) is 3.78. The van der Waals surface area contributed by atoms with E-state index in [1.807, 2.05) is 25.1 Å². The highest BCUT2D eigenvalue weighted by molar-refractivity contribution is 9.10. The molecular formula is C19H17BrN2O4S. The molecule has 140 valence electrons. The van der Waals surface area contributed by atoms with Crippen LogP contribution in [0.5, 0.6) is 5.75 Å². The number of halogens is 1. The van der Waals surface area contributed by atoms with Crippen molar-refractivity contribution in [2.75, 3.05) is 13.7 Å². The molecule has 2 aromatic carbocycles. The van der Waals surface area contributed by atoms with Crippen molar-refractivity contribution >= 4 is 49.4 Å². The second-order valence-electron chi connectivity index (χ2n) is 5.53. The number of esters is 1. The SMILES string of the molecule is CCOc1ccc(C(=O)N=c2sc3cc(Br)ccc3n2CC(=O)OC)cc1.